The molecule has 1 fully saturated rings. The van der Waals surface area contributed by atoms with Gasteiger partial charge in [0.2, 0.25) is 0 Å². The van der Waals surface area contributed by atoms with Crippen LogP contribution in [0.1, 0.15) is 12.0 Å². The van der Waals surface area contributed by atoms with Gasteiger partial charge in [0, 0.05) is 32.7 Å². The van der Waals surface area contributed by atoms with Crippen molar-refractivity contribution < 1.29 is 9.47 Å². The standard InChI is InChI=1S/C16H27N3O2/c1-20-15-5-4-14(12-16(15)21-2)13-18-6-3-9-19-10-7-17-8-11-19/h4-5,12,17-18H,3,6-11,13H2,1-2H3. The summed E-state index contributed by atoms with van der Waals surface area (Å²) < 4.78 is 10.6. The molecule has 0 saturated carbocycles. The fraction of sp³-hybridized carbons (Fsp3) is 0.625. The molecule has 1 aromatic rings. The molecule has 2 N–H and O–H groups in total. The summed E-state index contributed by atoms with van der Waals surface area (Å²) in [7, 11) is 3.33. The molecule has 0 amide bonds. The first-order chi connectivity index (χ1) is 10.3. The molecule has 0 bridgehead atoms. The van der Waals surface area contributed by atoms with Gasteiger partial charge in [0.25, 0.3) is 0 Å². The molecular weight excluding hydrogens is 266 g/mol. The third kappa shape index (κ3) is 5.19. The zero-order chi connectivity index (χ0) is 14.9. The number of ether oxygens (including phenoxy) is 2. The van der Waals surface area contributed by atoms with E-state index in [1.165, 1.54) is 31.6 Å². The van der Waals surface area contributed by atoms with Crippen molar-refractivity contribution in [3.63, 3.8) is 0 Å². The van der Waals surface area contributed by atoms with Crippen LogP contribution in [0, 0.1) is 0 Å². The van der Waals surface area contributed by atoms with E-state index >= 15 is 0 Å². The lowest BCUT2D eigenvalue weighted by atomic mass is 10.2. The number of hydrogen-bond donors (Lipinski definition) is 2. The predicted octanol–water partition coefficient (Wildman–Crippen LogP) is 1.09. The number of hydrogen-bond acceptors (Lipinski definition) is 5. The highest BCUT2D eigenvalue weighted by molar-refractivity contribution is 5.42. The Bertz CT molecular complexity index is 420. The third-order valence-corrected chi connectivity index (χ3v) is 3.81. The summed E-state index contributed by atoms with van der Waals surface area (Å²) in [4.78, 5) is 2.52. The summed E-state index contributed by atoms with van der Waals surface area (Å²) in [6.07, 6.45) is 1.19. The van der Waals surface area contributed by atoms with Crippen LogP contribution in [-0.2, 0) is 6.54 Å². The minimum absolute atomic E-state index is 0.778. The average Bonchev–Trinajstić information content (AvgIpc) is 2.55. The molecule has 21 heavy (non-hydrogen) atoms. The second kappa shape index (κ2) is 8.87. The van der Waals surface area contributed by atoms with E-state index in [9.17, 15) is 0 Å². The number of benzene rings is 1. The van der Waals surface area contributed by atoms with Gasteiger partial charge in [-0.2, -0.15) is 0 Å². The van der Waals surface area contributed by atoms with Gasteiger partial charge in [0.15, 0.2) is 11.5 Å². The smallest absolute Gasteiger partial charge is 0.161 e. The Morgan fingerprint density at radius 2 is 1.90 bits per heavy atom. The summed E-state index contributed by atoms with van der Waals surface area (Å²) in [5, 5.41) is 6.87. The Hall–Kier alpha value is -1.30. The Morgan fingerprint density at radius 1 is 1.14 bits per heavy atom. The lowest BCUT2D eigenvalue weighted by Gasteiger charge is -2.27. The highest BCUT2D eigenvalue weighted by Gasteiger charge is 2.08. The van der Waals surface area contributed by atoms with Crippen molar-refractivity contribution >= 4 is 0 Å². The van der Waals surface area contributed by atoms with Crippen molar-refractivity contribution in [1.29, 1.82) is 0 Å². The molecule has 0 radical (unpaired) electrons. The monoisotopic (exact) mass is 293 g/mol. The maximum Gasteiger partial charge on any atom is 0.161 e. The number of piperazine rings is 1. The Morgan fingerprint density at radius 3 is 2.62 bits per heavy atom. The zero-order valence-corrected chi connectivity index (χ0v) is 13.2. The van der Waals surface area contributed by atoms with Crippen LogP contribution in [0.3, 0.4) is 0 Å². The molecule has 5 nitrogen and oxygen atoms in total. The van der Waals surface area contributed by atoms with E-state index in [2.05, 4.69) is 21.6 Å². The van der Waals surface area contributed by atoms with Gasteiger partial charge < -0.3 is 25.0 Å². The second-order valence-electron chi connectivity index (χ2n) is 5.31. The molecule has 0 atom stereocenters. The van der Waals surface area contributed by atoms with E-state index in [1.54, 1.807) is 14.2 Å². The molecule has 0 unspecified atom stereocenters. The molecule has 1 aliphatic heterocycles. The molecule has 5 heteroatoms. The van der Waals surface area contributed by atoms with Crippen molar-refractivity contribution in [3.05, 3.63) is 23.8 Å². The van der Waals surface area contributed by atoms with Crippen LogP contribution in [0.4, 0.5) is 0 Å². The van der Waals surface area contributed by atoms with E-state index in [4.69, 9.17) is 9.47 Å². The molecule has 1 heterocycles. The van der Waals surface area contributed by atoms with Crippen molar-refractivity contribution in [2.45, 2.75) is 13.0 Å². The van der Waals surface area contributed by atoms with Crippen molar-refractivity contribution in [2.24, 2.45) is 0 Å². The fourth-order valence-corrected chi connectivity index (χ4v) is 2.59. The molecular formula is C16H27N3O2. The largest absolute Gasteiger partial charge is 0.493 e. The van der Waals surface area contributed by atoms with E-state index in [0.29, 0.717) is 0 Å². The lowest BCUT2D eigenvalue weighted by Crippen LogP contribution is -2.44. The van der Waals surface area contributed by atoms with Gasteiger partial charge in [0.05, 0.1) is 14.2 Å². The lowest BCUT2D eigenvalue weighted by molar-refractivity contribution is 0.237. The van der Waals surface area contributed by atoms with Crippen LogP contribution in [0.25, 0.3) is 0 Å². The number of rotatable bonds is 8. The molecule has 1 aliphatic rings. The van der Waals surface area contributed by atoms with E-state index in [1.807, 2.05) is 12.1 Å². The molecule has 0 spiro atoms. The summed E-state index contributed by atoms with van der Waals surface area (Å²) in [6, 6.07) is 6.06. The summed E-state index contributed by atoms with van der Waals surface area (Å²) in [6.45, 7) is 7.68. The molecule has 118 valence electrons. The van der Waals surface area contributed by atoms with Gasteiger partial charge in [-0.1, -0.05) is 6.07 Å². The zero-order valence-electron chi connectivity index (χ0n) is 13.2. The number of methoxy groups -OCH3 is 2. The third-order valence-electron chi connectivity index (χ3n) is 3.81. The molecule has 1 aromatic carbocycles. The topological polar surface area (TPSA) is 45.8 Å². The van der Waals surface area contributed by atoms with Gasteiger partial charge in [0.1, 0.15) is 0 Å². The maximum atomic E-state index is 5.32. The van der Waals surface area contributed by atoms with Gasteiger partial charge in [-0.05, 0) is 37.2 Å². The molecule has 2 rings (SSSR count). The van der Waals surface area contributed by atoms with E-state index in [-0.39, 0.29) is 0 Å². The first kappa shape index (κ1) is 16.1. The van der Waals surface area contributed by atoms with Gasteiger partial charge in [-0.3, -0.25) is 0 Å². The quantitative estimate of drug-likeness (QED) is 0.703. The minimum atomic E-state index is 0.778. The fourth-order valence-electron chi connectivity index (χ4n) is 2.59. The predicted molar refractivity (Wildman–Crippen MR) is 85.2 cm³/mol. The number of nitrogens with one attached hydrogen (secondary N) is 2. The maximum absolute atomic E-state index is 5.32. The summed E-state index contributed by atoms with van der Waals surface area (Å²) >= 11 is 0. The highest BCUT2D eigenvalue weighted by atomic mass is 16.5. The average molecular weight is 293 g/mol. The summed E-state index contributed by atoms with van der Waals surface area (Å²) in [5.74, 6) is 1.57. The first-order valence-corrected chi connectivity index (χ1v) is 7.68. The van der Waals surface area contributed by atoms with Gasteiger partial charge in [-0.15, -0.1) is 0 Å². The van der Waals surface area contributed by atoms with Gasteiger partial charge >= 0.3 is 0 Å². The Balaban J connectivity index is 1.66. The number of nitrogens with zero attached hydrogens (tertiary/aromatic N) is 1. The van der Waals surface area contributed by atoms with Crippen molar-refractivity contribution in [2.75, 3.05) is 53.5 Å². The van der Waals surface area contributed by atoms with Gasteiger partial charge in [-0.25, -0.2) is 0 Å². The van der Waals surface area contributed by atoms with Crippen LogP contribution in [0.5, 0.6) is 11.5 Å². The Kier molecular flexibility index (Phi) is 6.79. The van der Waals surface area contributed by atoms with Crippen LogP contribution in [0.2, 0.25) is 0 Å². The highest BCUT2D eigenvalue weighted by Crippen LogP contribution is 2.27. The van der Waals surface area contributed by atoms with Crippen molar-refractivity contribution in [3.8, 4) is 11.5 Å². The van der Waals surface area contributed by atoms with E-state index in [0.717, 1.165) is 37.7 Å². The van der Waals surface area contributed by atoms with Crippen LogP contribution < -0.4 is 20.1 Å². The first-order valence-electron chi connectivity index (χ1n) is 7.68. The van der Waals surface area contributed by atoms with E-state index < -0.39 is 0 Å². The molecule has 0 aromatic heterocycles. The van der Waals surface area contributed by atoms with Crippen LogP contribution in [0.15, 0.2) is 18.2 Å². The summed E-state index contributed by atoms with van der Waals surface area (Å²) in [5.41, 5.74) is 1.22. The van der Waals surface area contributed by atoms with Crippen molar-refractivity contribution in [1.82, 2.24) is 15.5 Å². The molecule has 1 saturated heterocycles. The Labute approximate surface area is 127 Å². The normalized spacial score (nSPS) is 15.9. The minimum Gasteiger partial charge on any atom is -0.493 e. The molecule has 0 aliphatic carbocycles. The van der Waals surface area contributed by atoms with Crippen LogP contribution in [-0.4, -0.2) is 58.4 Å². The SMILES string of the molecule is COc1ccc(CNCCCN2CCNCC2)cc1OC. The second-order valence-corrected chi connectivity index (χ2v) is 5.31. The van der Waals surface area contributed by atoms with Crippen LogP contribution >= 0.6 is 0 Å².